The molecule has 1 aromatic heterocycles. The summed E-state index contributed by atoms with van der Waals surface area (Å²) in [5, 5.41) is 5.77. The monoisotopic (exact) mass is 440 g/mol. The predicted molar refractivity (Wildman–Crippen MR) is 118 cm³/mol. The molecule has 7 nitrogen and oxygen atoms in total. The minimum Gasteiger partial charge on any atom is -0.335 e. The number of hydrogen-bond acceptors (Lipinski definition) is 6. The Morgan fingerprint density at radius 1 is 1.17 bits per heavy atom. The maximum atomic E-state index is 13.1. The third kappa shape index (κ3) is 4.03. The van der Waals surface area contributed by atoms with E-state index in [4.69, 9.17) is 0 Å². The second kappa shape index (κ2) is 8.08. The Bertz CT molecular complexity index is 1110. The molecule has 3 aromatic rings. The molecule has 0 aliphatic carbocycles. The standard InChI is InChI=1S/C21H20N4O3S2/c1-21(19(27)23-20(28)24-21)12-29-15-9-5-3-7-13(15)18(26)25(2)11-17-22-14-8-4-6-10-16(14)30-17/h3-10H,11-12H2,1-2H3,(H2,23,24,27,28). The Morgan fingerprint density at radius 3 is 2.63 bits per heavy atom. The van der Waals surface area contributed by atoms with E-state index >= 15 is 0 Å². The summed E-state index contributed by atoms with van der Waals surface area (Å²) in [6.07, 6.45) is 0. The number of rotatable bonds is 6. The van der Waals surface area contributed by atoms with Crippen molar-refractivity contribution in [3.8, 4) is 0 Å². The number of nitrogens with zero attached hydrogens (tertiary/aromatic N) is 2. The van der Waals surface area contributed by atoms with Crippen LogP contribution < -0.4 is 10.6 Å². The van der Waals surface area contributed by atoms with Crippen molar-refractivity contribution in [3.05, 3.63) is 59.1 Å². The Balaban J connectivity index is 1.48. The second-order valence-electron chi connectivity index (χ2n) is 7.26. The van der Waals surface area contributed by atoms with E-state index in [-0.39, 0.29) is 11.8 Å². The van der Waals surface area contributed by atoms with Gasteiger partial charge in [0, 0.05) is 17.7 Å². The van der Waals surface area contributed by atoms with Gasteiger partial charge in [-0.25, -0.2) is 9.78 Å². The molecule has 1 atom stereocenters. The van der Waals surface area contributed by atoms with Gasteiger partial charge in [0.1, 0.15) is 10.5 Å². The molecule has 0 spiro atoms. The Kier molecular flexibility index (Phi) is 5.48. The number of nitrogens with one attached hydrogen (secondary N) is 2. The van der Waals surface area contributed by atoms with Crippen LogP contribution in [0.3, 0.4) is 0 Å². The number of aromatic nitrogens is 1. The van der Waals surface area contributed by atoms with Crippen LogP contribution in [-0.4, -0.2) is 46.1 Å². The van der Waals surface area contributed by atoms with Crippen molar-refractivity contribution in [2.24, 2.45) is 0 Å². The topological polar surface area (TPSA) is 91.4 Å². The van der Waals surface area contributed by atoms with E-state index in [2.05, 4.69) is 15.6 Å². The van der Waals surface area contributed by atoms with Crippen molar-refractivity contribution in [2.75, 3.05) is 12.8 Å². The Hall–Kier alpha value is -2.91. The predicted octanol–water partition coefficient (Wildman–Crippen LogP) is 3.26. The highest BCUT2D eigenvalue weighted by molar-refractivity contribution is 7.99. The molecule has 2 aromatic carbocycles. The number of imide groups is 1. The zero-order valence-electron chi connectivity index (χ0n) is 16.5. The van der Waals surface area contributed by atoms with E-state index in [0.29, 0.717) is 17.9 Å². The van der Waals surface area contributed by atoms with Crippen LogP contribution in [0.5, 0.6) is 0 Å². The molecule has 0 saturated carbocycles. The molecule has 2 N–H and O–H groups in total. The van der Waals surface area contributed by atoms with Crippen LogP contribution in [0, 0.1) is 0 Å². The van der Waals surface area contributed by atoms with E-state index in [1.165, 1.54) is 11.8 Å². The van der Waals surface area contributed by atoms with E-state index in [9.17, 15) is 14.4 Å². The van der Waals surface area contributed by atoms with E-state index in [1.54, 1.807) is 36.3 Å². The number of benzene rings is 2. The van der Waals surface area contributed by atoms with Crippen LogP contribution in [0.1, 0.15) is 22.3 Å². The molecule has 4 rings (SSSR count). The van der Waals surface area contributed by atoms with Crippen LogP contribution in [0.4, 0.5) is 4.79 Å². The van der Waals surface area contributed by atoms with Crippen LogP contribution in [-0.2, 0) is 11.3 Å². The first-order valence-corrected chi connectivity index (χ1v) is 11.1. The molecule has 1 aliphatic heterocycles. The van der Waals surface area contributed by atoms with Gasteiger partial charge in [-0.15, -0.1) is 23.1 Å². The number of thioether (sulfide) groups is 1. The van der Waals surface area contributed by atoms with E-state index < -0.39 is 11.6 Å². The third-order valence-corrected chi connectivity index (χ3v) is 7.22. The Labute approximate surface area is 181 Å². The summed E-state index contributed by atoms with van der Waals surface area (Å²) >= 11 is 2.94. The lowest BCUT2D eigenvalue weighted by Crippen LogP contribution is -2.46. The SMILES string of the molecule is CN(Cc1nc2ccccc2s1)C(=O)c1ccccc1SCC1(C)NC(=O)NC1=O. The fourth-order valence-corrected chi connectivity index (χ4v) is 5.29. The van der Waals surface area contributed by atoms with Crippen molar-refractivity contribution in [1.82, 2.24) is 20.5 Å². The van der Waals surface area contributed by atoms with E-state index in [0.717, 1.165) is 20.1 Å². The van der Waals surface area contributed by atoms with Gasteiger partial charge in [-0.3, -0.25) is 14.9 Å². The van der Waals surface area contributed by atoms with Crippen molar-refractivity contribution >= 4 is 51.2 Å². The van der Waals surface area contributed by atoms with Gasteiger partial charge in [0.25, 0.3) is 11.8 Å². The molecule has 0 bridgehead atoms. The first-order valence-electron chi connectivity index (χ1n) is 9.31. The van der Waals surface area contributed by atoms with Gasteiger partial charge in [0.05, 0.1) is 22.3 Å². The maximum absolute atomic E-state index is 13.1. The zero-order valence-corrected chi connectivity index (χ0v) is 18.1. The van der Waals surface area contributed by atoms with Crippen LogP contribution in [0.2, 0.25) is 0 Å². The highest BCUT2D eigenvalue weighted by Crippen LogP contribution is 2.29. The number of hydrogen-bond donors (Lipinski definition) is 2. The molecule has 2 heterocycles. The molecule has 154 valence electrons. The normalized spacial score (nSPS) is 18.3. The molecule has 0 radical (unpaired) electrons. The molecule has 1 unspecified atom stereocenters. The van der Waals surface area contributed by atoms with Crippen molar-refractivity contribution in [3.63, 3.8) is 0 Å². The molecule has 1 fully saturated rings. The quantitative estimate of drug-likeness (QED) is 0.454. The third-order valence-electron chi connectivity index (χ3n) is 4.81. The minimum absolute atomic E-state index is 0.123. The summed E-state index contributed by atoms with van der Waals surface area (Å²) in [4.78, 5) is 43.6. The molecule has 1 aliphatic rings. The number of para-hydroxylation sites is 1. The Morgan fingerprint density at radius 2 is 1.90 bits per heavy atom. The zero-order chi connectivity index (χ0) is 21.3. The van der Waals surface area contributed by atoms with Crippen LogP contribution in [0.15, 0.2) is 53.4 Å². The summed E-state index contributed by atoms with van der Waals surface area (Å²) in [5.74, 6) is -0.171. The molecule has 30 heavy (non-hydrogen) atoms. The van der Waals surface area contributed by atoms with Gasteiger partial charge in [0.2, 0.25) is 0 Å². The lowest BCUT2D eigenvalue weighted by Gasteiger charge is -2.21. The van der Waals surface area contributed by atoms with Gasteiger partial charge in [-0.05, 0) is 31.2 Å². The molecule has 9 heteroatoms. The average molecular weight is 441 g/mol. The van der Waals surface area contributed by atoms with Crippen LogP contribution >= 0.6 is 23.1 Å². The van der Waals surface area contributed by atoms with Gasteiger partial charge in [-0.2, -0.15) is 0 Å². The van der Waals surface area contributed by atoms with Crippen molar-refractivity contribution in [1.29, 1.82) is 0 Å². The second-order valence-corrected chi connectivity index (χ2v) is 9.39. The fraction of sp³-hybridized carbons (Fsp3) is 0.238. The molecule has 1 saturated heterocycles. The molecular formula is C21H20N4O3S2. The summed E-state index contributed by atoms with van der Waals surface area (Å²) in [7, 11) is 1.75. The van der Waals surface area contributed by atoms with Crippen LogP contribution in [0.25, 0.3) is 10.2 Å². The average Bonchev–Trinajstić information content (AvgIpc) is 3.25. The highest BCUT2D eigenvalue weighted by atomic mass is 32.2. The van der Waals surface area contributed by atoms with Gasteiger partial charge >= 0.3 is 6.03 Å². The number of urea groups is 1. The lowest BCUT2D eigenvalue weighted by molar-refractivity contribution is -0.122. The fourth-order valence-electron chi connectivity index (χ4n) is 3.14. The molecule has 4 amide bonds. The number of carbonyl (C=O) groups excluding carboxylic acids is 3. The summed E-state index contributed by atoms with van der Waals surface area (Å²) < 4.78 is 1.09. The number of amides is 4. The maximum Gasteiger partial charge on any atom is 0.322 e. The summed E-state index contributed by atoms with van der Waals surface area (Å²) in [6.45, 7) is 2.08. The summed E-state index contributed by atoms with van der Waals surface area (Å²) in [6, 6.07) is 14.7. The van der Waals surface area contributed by atoms with Crippen molar-refractivity contribution in [2.45, 2.75) is 23.9 Å². The highest BCUT2D eigenvalue weighted by Gasteiger charge is 2.42. The first kappa shape index (κ1) is 20.4. The van der Waals surface area contributed by atoms with Gasteiger partial charge in [0.15, 0.2) is 0 Å². The van der Waals surface area contributed by atoms with Gasteiger partial charge < -0.3 is 10.2 Å². The van der Waals surface area contributed by atoms with E-state index in [1.807, 2.05) is 42.5 Å². The van der Waals surface area contributed by atoms with Gasteiger partial charge in [-0.1, -0.05) is 24.3 Å². The lowest BCUT2D eigenvalue weighted by atomic mass is 10.1. The number of fused-ring (bicyclic) bond motifs is 1. The molecular weight excluding hydrogens is 420 g/mol. The first-order chi connectivity index (χ1) is 14.4. The largest absolute Gasteiger partial charge is 0.335 e. The minimum atomic E-state index is -1.01. The number of thiazole rings is 1. The van der Waals surface area contributed by atoms with Crippen molar-refractivity contribution < 1.29 is 14.4 Å². The summed E-state index contributed by atoms with van der Waals surface area (Å²) in [5.41, 5.74) is 0.476. The number of carbonyl (C=O) groups is 3. The smallest absolute Gasteiger partial charge is 0.322 e.